The van der Waals surface area contributed by atoms with Crippen molar-refractivity contribution >= 4 is 5.90 Å². The van der Waals surface area contributed by atoms with Gasteiger partial charge in [-0.3, -0.25) is 0 Å². The van der Waals surface area contributed by atoms with Gasteiger partial charge in [-0.05, 0) is 0 Å². The van der Waals surface area contributed by atoms with Crippen molar-refractivity contribution in [2.24, 2.45) is 5.16 Å². The molecule has 1 aliphatic rings. The number of ether oxygens (including phenoxy) is 1. The third kappa shape index (κ3) is 2.12. The van der Waals surface area contributed by atoms with Crippen LogP contribution in [0, 0.1) is 6.42 Å². The van der Waals surface area contributed by atoms with Gasteiger partial charge in [0.1, 0.15) is 6.61 Å². The van der Waals surface area contributed by atoms with Crippen molar-refractivity contribution in [1.29, 1.82) is 0 Å². The second kappa shape index (κ2) is 2.36. The summed E-state index contributed by atoms with van der Waals surface area (Å²) in [5.41, 5.74) is 0. The SMILES string of the molecule is FC(F)(F)OC1=NOC[CH]1. The van der Waals surface area contributed by atoms with Gasteiger partial charge >= 0.3 is 6.36 Å². The van der Waals surface area contributed by atoms with Crippen molar-refractivity contribution in [1.82, 2.24) is 0 Å². The molecule has 0 atom stereocenters. The quantitative estimate of drug-likeness (QED) is 0.522. The Kier molecular flexibility index (Phi) is 1.69. The van der Waals surface area contributed by atoms with Crippen LogP contribution in [-0.4, -0.2) is 18.9 Å². The smallest absolute Gasteiger partial charge is 0.392 e. The van der Waals surface area contributed by atoms with E-state index in [9.17, 15) is 13.2 Å². The molecule has 0 fully saturated rings. The second-order valence-corrected chi connectivity index (χ2v) is 1.48. The van der Waals surface area contributed by atoms with Crippen molar-refractivity contribution in [2.45, 2.75) is 6.36 Å². The summed E-state index contributed by atoms with van der Waals surface area (Å²) in [7, 11) is 0. The zero-order valence-corrected chi connectivity index (χ0v) is 4.68. The highest BCUT2D eigenvalue weighted by molar-refractivity contribution is 5.85. The van der Waals surface area contributed by atoms with Crippen molar-refractivity contribution in [3.63, 3.8) is 0 Å². The summed E-state index contributed by atoms with van der Waals surface area (Å²) in [6.45, 7) is 0.0331. The molecule has 0 saturated carbocycles. The molecule has 10 heavy (non-hydrogen) atoms. The molecule has 0 aromatic carbocycles. The molecule has 1 aliphatic heterocycles. The van der Waals surface area contributed by atoms with Crippen LogP contribution < -0.4 is 0 Å². The number of hydrogen-bond acceptors (Lipinski definition) is 3. The van der Waals surface area contributed by atoms with E-state index in [-0.39, 0.29) is 6.61 Å². The van der Waals surface area contributed by atoms with Gasteiger partial charge in [-0.25, -0.2) is 0 Å². The Hall–Kier alpha value is -0.940. The van der Waals surface area contributed by atoms with Crippen LogP contribution in [0.2, 0.25) is 0 Å². The normalized spacial score (nSPS) is 18.1. The number of alkyl halides is 3. The first-order chi connectivity index (χ1) is 4.58. The van der Waals surface area contributed by atoms with E-state index in [1.165, 1.54) is 0 Å². The lowest BCUT2D eigenvalue weighted by Crippen LogP contribution is -2.18. The fourth-order valence-electron chi connectivity index (χ4n) is 0.426. The summed E-state index contributed by atoms with van der Waals surface area (Å²) in [4.78, 5) is 4.21. The van der Waals surface area contributed by atoms with Gasteiger partial charge < -0.3 is 9.57 Å². The van der Waals surface area contributed by atoms with Gasteiger partial charge in [-0.2, -0.15) is 0 Å². The average molecular weight is 154 g/mol. The summed E-state index contributed by atoms with van der Waals surface area (Å²) in [6.07, 6.45) is -3.59. The molecule has 1 radical (unpaired) electrons. The van der Waals surface area contributed by atoms with Crippen molar-refractivity contribution in [3.8, 4) is 0 Å². The molecule has 1 rings (SSSR count). The van der Waals surface area contributed by atoms with Gasteiger partial charge in [0.15, 0.2) is 0 Å². The van der Waals surface area contributed by atoms with Crippen molar-refractivity contribution < 1.29 is 22.7 Å². The molecule has 6 heteroatoms. The van der Waals surface area contributed by atoms with Crippen molar-refractivity contribution in [3.05, 3.63) is 6.42 Å². The first kappa shape index (κ1) is 7.17. The minimum Gasteiger partial charge on any atom is -0.392 e. The van der Waals surface area contributed by atoms with E-state index in [0.717, 1.165) is 6.42 Å². The van der Waals surface area contributed by atoms with Crippen LogP contribution in [-0.2, 0) is 9.57 Å². The molecule has 57 valence electrons. The molecule has 0 aromatic rings. The Labute approximate surface area is 54.4 Å². The van der Waals surface area contributed by atoms with E-state index >= 15 is 0 Å². The number of oxime groups is 1. The first-order valence-corrected chi connectivity index (χ1v) is 2.37. The highest BCUT2D eigenvalue weighted by Gasteiger charge is 2.34. The largest absolute Gasteiger partial charge is 0.574 e. The lowest BCUT2D eigenvalue weighted by molar-refractivity contribution is -0.283. The van der Waals surface area contributed by atoms with Gasteiger partial charge in [0.05, 0.1) is 6.42 Å². The summed E-state index contributed by atoms with van der Waals surface area (Å²) in [5, 5.41) is 2.94. The fourth-order valence-corrected chi connectivity index (χ4v) is 0.426. The Morgan fingerprint density at radius 1 is 1.60 bits per heavy atom. The summed E-state index contributed by atoms with van der Waals surface area (Å²) < 4.78 is 37.4. The Bertz CT molecular complexity index is 153. The van der Waals surface area contributed by atoms with E-state index in [4.69, 9.17) is 0 Å². The number of rotatable bonds is 0. The Balaban J connectivity index is 2.38. The Morgan fingerprint density at radius 2 is 2.30 bits per heavy atom. The zero-order valence-electron chi connectivity index (χ0n) is 4.68. The van der Waals surface area contributed by atoms with Crippen LogP contribution in [0.4, 0.5) is 13.2 Å². The number of nitrogens with zero attached hydrogens (tertiary/aromatic N) is 1. The van der Waals surface area contributed by atoms with Crippen LogP contribution in [0.5, 0.6) is 0 Å². The minimum atomic E-state index is -4.68. The zero-order chi connectivity index (χ0) is 7.61. The third-order valence-corrected chi connectivity index (χ3v) is 0.707. The molecule has 1 heterocycles. The molecular formula is C4H3F3NO2. The predicted molar refractivity (Wildman–Crippen MR) is 24.8 cm³/mol. The molecule has 0 N–H and O–H groups in total. The molecular weight excluding hydrogens is 151 g/mol. The monoisotopic (exact) mass is 154 g/mol. The van der Waals surface area contributed by atoms with Crippen LogP contribution in [0.3, 0.4) is 0 Å². The topological polar surface area (TPSA) is 30.8 Å². The van der Waals surface area contributed by atoms with Crippen LogP contribution in [0.15, 0.2) is 5.16 Å². The molecule has 0 unspecified atom stereocenters. The first-order valence-electron chi connectivity index (χ1n) is 2.37. The van der Waals surface area contributed by atoms with Crippen LogP contribution in [0.25, 0.3) is 0 Å². The molecule has 0 aromatic heterocycles. The van der Waals surface area contributed by atoms with Gasteiger partial charge in [0, 0.05) is 0 Å². The third-order valence-electron chi connectivity index (χ3n) is 0.707. The summed E-state index contributed by atoms with van der Waals surface area (Å²) >= 11 is 0. The predicted octanol–water partition coefficient (Wildman–Crippen LogP) is 1.07. The highest BCUT2D eigenvalue weighted by atomic mass is 19.4. The van der Waals surface area contributed by atoms with Gasteiger partial charge in [-0.1, -0.05) is 5.16 Å². The summed E-state index contributed by atoms with van der Waals surface area (Å²) in [6, 6.07) is 0. The van der Waals surface area contributed by atoms with Crippen LogP contribution >= 0.6 is 0 Å². The fraction of sp³-hybridized carbons (Fsp3) is 0.500. The lowest BCUT2D eigenvalue weighted by Gasteiger charge is -2.04. The number of halogens is 3. The maximum Gasteiger partial charge on any atom is 0.574 e. The average Bonchev–Trinajstić information content (AvgIpc) is 2.12. The molecule has 0 bridgehead atoms. The van der Waals surface area contributed by atoms with Gasteiger partial charge in [-0.15, -0.1) is 13.2 Å². The molecule has 3 nitrogen and oxygen atoms in total. The van der Waals surface area contributed by atoms with E-state index in [0.29, 0.717) is 0 Å². The lowest BCUT2D eigenvalue weighted by atomic mass is 10.5. The van der Waals surface area contributed by atoms with Crippen molar-refractivity contribution in [2.75, 3.05) is 6.61 Å². The summed E-state index contributed by atoms with van der Waals surface area (Å²) in [5.74, 6) is -0.535. The van der Waals surface area contributed by atoms with E-state index in [2.05, 4.69) is 14.7 Å². The minimum absolute atomic E-state index is 0.0331. The molecule has 0 amide bonds. The van der Waals surface area contributed by atoms with Crippen LogP contribution in [0.1, 0.15) is 0 Å². The standard InChI is InChI=1S/C4H3F3NO2/c5-4(6,7)10-3-1-2-9-8-3/h1H,2H2. The van der Waals surface area contributed by atoms with Gasteiger partial charge in [0.2, 0.25) is 5.90 Å². The maximum absolute atomic E-state index is 11.3. The second-order valence-electron chi connectivity index (χ2n) is 1.48. The number of hydrogen-bond donors (Lipinski definition) is 0. The van der Waals surface area contributed by atoms with Gasteiger partial charge in [0.25, 0.3) is 0 Å². The van der Waals surface area contributed by atoms with E-state index < -0.39 is 12.3 Å². The molecule has 0 spiro atoms. The Morgan fingerprint density at radius 3 is 2.70 bits per heavy atom. The van der Waals surface area contributed by atoms with E-state index in [1.54, 1.807) is 0 Å². The molecule has 0 aliphatic carbocycles. The maximum atomic E-state index is 11.3. The highest BCUT2D eigenvalue weighted by Crippen LogP contribution is 2.18. The molecule has 0 saturated heterocycles. The van der Waals surface area contributed by atoms with E-state index in [1.807, 2.05) is 0 Å².